The van der Waals surface area contributed by atoms with Crippen LogP contribution in [0.5, 0.6) is 5.75 Å². The van der Waals surface area contributed by atoms with Crippen LogP contribution in [0.15, 0.2) is 54.6 Å². The Morgan fingerprint density at radius 1 is 1.16 bits per heavy atom. The van der Waals surface area contributed by atoms with E-state index >= 15 is 0 Å². The largest absolute Gasteiger partial charge is 0.496 e. The minimum Gasteiger partial charge on any atom is -0.496 e. The molecule has 5 N–H and O–H groups in total. The van der Waals surface area contributed by atoms with Gasteiger partial charge in [-0.1, -0.05) is 18.2 Å². The van der Waals surface area contributed by atoms with Crippen molar-refractivity contribution in [2.24, 2.45) is 11.5 Å². The van der Waals surface area contributed by atoms with Crippen LogP contribution in [0.1, 0.15) is 22.5 Å². The van der Waals surface area contributed by atoms with E-state index < -0.39 is 6.03 Å². The number of benzene rings is 2. The molecule has 0 aliphatic heterocycles. The van der Waals surface area contributed by atoms with Crippen molar-refractivity contribution < 1.29 is 14.3 Å². The minimum atomic E-state index is -0.725. The Bertz CT molecular complexity index is 1060. The van der Waals surface area contributed by atoms with Crippen LogP contribution in [0.3, 0.4) is 0 Å². The van der Waals surface area contributed by atoms with Crippen molar-refractivity contribution in [2.45, 2.75) is 13.3 Å². The van der Waals surface area contributed by atoms with Crippen LogP contribution < -0.4 is 26.4 Å². The standard InChI is InChI=1S/C22H26N6O3/c1-15-13-20(26-28(15)16-7-4-3-5-8-16)27(22(24)30)17-9-10-19(31-2)18(14-17)21(29)25-12-6-11-23/h3-5,7-10,13-14H,6,11-12,23H2,1-2H3,(H2,24,30)(H,25,29). The van der Waals surface area contributed by atoms with Crippen LogP contribution >= 0.6 is 0 Å². The third kappa shape index (κ3) is 4.84. The zero-order chi connectivity index (χ0) is 22.4. The Morgan fingerprint density at radius 2 is 1.90 bits per heavy atom. The molecule has 0 radical (unpaired) electrons. The van der Waals surface area contributed by atoms with Crippen LogP contribution in [0.2, 0.25) is 0 Å². The number of carbonyl (C=O) groups excluding carboxylic acids is 2. The molecule has 9 nitrogen and oxygen atoms in total. The molecule has 2 aromatic carbocycles. The van der Waals surface area contributed by atoms with Gasteiger partial charge < -0.3 is 21.5 Å². The lowest BCUT2D eigenvalue weighted by Gasteiger charge is -2.19. The maximum Gasteiger partial charge on any atom is 0.325 e. The number of hydrogen-bond donors (Lipinski definition) is 3. The normalized spacial score (nSPS) is 10.5. The summed E-state index contributed by atoms with van der Waals surface area (Å²) in [5.41, 5.74) is 13.5. The fourth-order valence-corrected chi connectivity index (χ4v) is 3.18. The molecule has 9 heteroatoms. The van der Waals surface area contributed by atoms with Crippen LogP contribution in [0, 0.1) is 6.92 Å². The van der Waals surface area contributed by atoms with Crippen molar-refractivity contribution in [2.75, 3.05) is 25.1 Å². The van der Waals surface area contributed by atoms with E-state index in [1.165, 1.54) is 12.0 Å². The molecule has 0 saturated carbocycles. The molecule has 0 unspecified atom stereocenters. The minimum absolute atomic E-state index is 0.280. The molecule has 0 aliphatic carbocycles. The number of aromatic nitrogens is 2. The van der Waals surface area contributed by atoms with Crippen LogP contribution in [-0.2, 0) is 0 Å². The zero-order valence-corrected chi connectivity index (χ0v) is 17.5. The van der Waals surface area contributed by atoms with Gasteiger partial charge in [-0.05, 0) is 50.2 Å². The third-order valence-corrected chi connectivity index (χ3v) is 4.68. The number of methoxy groups -OCH3 is 1. The van der Waals surface area contributed by atoms with Crippen molar-refractivity contribution in [3.8, 4) is 11.4 Å². The summed E-state index contributed by atoms with van der Waals surface area (Å²) < 4.78 is 7.03. The lowest BCUT2D eigenvalue weighted by Crippen LogP contribution is -2.32. The number of urea groups is 1. The summed E-state index contributed by atoms with van der Waals surface area (Å²) in [6.07, 6.45) is 0.650. The summed E-state index contributed by atoms with van der Waals surface area (Å²) in [5.74, 6) is 0.389. The highest BCUT2D eigenvalue weighted by atomic mass is 16.5. The monoisotopic (exact) mass is 422 g/mol. The maximum atomic E-state index is 12.6. The number of amides is 3. The number of nitrogens with one attached hydrogen (secondary N) is 1. The summed E-state index contributed by atoms with van der Waals surface area (Å²) >= 11 is 0. The van der Waals surface area contributed by atoms with E-state index in [-0.39, 0.29) is 11.5 Å². The molecule has 3 rings (SSSR count). The summed E-state index contributed by atoms with van der Waals surface area (Å²) in [6, 6.07) is 15.4. The molecule has 1 heterocycles. The van der Waals surface area contributed by atoms with E-state index in [0.717, 1.165) is 11.4 Å². The Hall–Kier alpha value is -3.85. The predicted molar refractivity (Wildman–Crippen MR) is 119 cm³/mol. The van der Waals surface area contributed by atoms with E-state index in [4.69, 9.17) is 16.2 Å². The Morgan fingerprint density at radius 3 is 2.55 bits per heavy atom. The smallest absolute Gasteiger partial charge is 0.325 e. The fourth-order valence-electron chi connectivity index (χ4n) is 3.18. The van der Waals surface area contributed by atoms with Crippen molar-refractivity contribution in [1.29, 1.82) is 0 Å². The van der Waals surface area contributed by atoms with Crippen molar-refractivity contribution >= 4 is 23.4 Å². The molecule has 1 aromatic heterocycles. The number of para-hydroxylation sites is 1. The van der Waals surface area contributed by atoms with E-state index in [0.29, 0.717) is 36.8 Å². The summed E-state index contributed by atoms with van der Waals surface area (Å²) in [7, 11) is 1.47. The Balaban J connectivity index is 2.00. The highest BCUT2D eigenvalue weighted by molar-refractivity contribution is 6.02. The van der Waals surface area contributed by atoms with E-state index in [1.807, 2.05) is 37.3 Å². The van der Waals surface area contributed by atoms with Gasteiger partial charge in [-0.3, -0.25) is 4.79 Å². The topological polar surface area (TPSA) is 128 Å². The highest BCUT2D eigenvalue weighted by Gasteiger charge is 2.22. The molecular formula is C22H26N6O3. The van der Waals surface area contributed by atoms with Crippen molar-refractivity contribution in [3.63, 3.8) is 0 Å². The van der Waals surface area contributed by atoms with E-state index in [2.05, 4.69) is 10.4 Å². The van der Waals surface area contributed by atoms with Gasteiger partial charge in [-0.2, -0.15) is 0 Å². The van der Waals surface area contributed by atoms with Gasteiger partial charge in [-0.15, -0.1) is 5.10 Å². The van der Waals surface area contributed by atoms with Gasteiger partial charge in [0.05, 0.1) is 24.0 Å². The van der Waals surface area contributed by atoms with Crippen LogP contribution in [0.4, 0.5) is 16.3 Å². The lowest BCUT2D eigenvalue weighted by molar-refractivity contribution is 0.0950. The third-order valence-electron chi connectivity index (χ3n) is 4.68. The second kappa shape index (κ2) is 9.77. The number of nitrogens with zero attached hydrogens (tertiary/aromatic N) is 3. The maximum absolute atomic E-state index is 12.6. The lowest BCUT2D eigenvalue weighted by atomic mass is 10.1. The highest BCUT2D eigenvalue weighted by Crippen LogP contribution is 2.30. The van der Waals surface area contributed by atoms with Gasteiger partial charge in [-0.25, -0.2) is 14.4 Å². The predicted octanol–water partition coefficient (Wildman–Crippen LogP) is 2.48. The Kier molecular flexibility index (Phi) is 6.88. The number of hydrogen-bond acceptors (Lipinski definition) is 5. The number of aryl methyl sites for hydroxylation is 1. The van der Waals surface area contributed by atoms with E-state index in [1.54, 1.807) is 28.9 Å². The molecule has 0 bridgehead atoms. The second-order valence-electron chi connectivity index (χ2n) is 6.85. The van der Waals surface area contributed by atoms with Crippen molar-refractivity contribution in [3.05, 3.63) is 65.9 Å². The second-order valence-corrected chi connectivity index (χ2v) is 6.85. The van der Waals surface area contributed by atoms with Gasteiger partial charge in [0.15, 0.2) is 5.82 Å². The van der Waals surface area contributed by atoms with Gasteiger partial charge >= 0.3 is 6.03 Å². The van der Waals surface area contributed by atoms with Crippen LogP contribution in [-0.4, -0.2) is 41.9 Å². The average molecular weight is 422 g/mol. The number of nitrogens with two attached hydrogens (primary N) is 2. The average Bonchev–Trinajstić information content (AvgIpc) is 3.15. The first-order chi connectivity index (χ1) is 15.0. The number of carbonyl (C=O) groups is 2. The summed E-state index contributed by atoms with van der Waals surface area (Å²) in [5, 5.41) is 7.34. The number of ether oxygens (including phenoxy) is 1. The SMILES string of the molecule is COc1ccc(N(C(N)=O)c2cc(C)n(-c3ccccc3)n2)cc1C(=O)NCCCN. The molecule has 0 atom stereocenters. The van der Waals surface area contributed by atoms with Crippen LogP contribution in [0.25, 0.3) is 5.69 Å². The molecular weight excluding hydrogens is 396 g/mol. The number of rotatable bonds is 8. The fraction of sp³-hybridized carbons (Fsp3) is 0.227. The van der Waals surface area contributed by atoms with Gasteiger partial charge in [0, 0.05) is 18.3 Å². The first-order valence-electron chi connectivity index (χ1n) is 9.84. The quantitative estimate of drug-likeness (QED) is 0.481. The zero-order valence-electron chi connectivity index (χ0n) is 17.5. The van der Waals surface area contributed by atoms with Gasteiger partial charge in [0.1, 0.15) is 5.75 Å². The number of primary amides is 1. The van der Waals surface area contributed by atoms with Gasteiger partial charge in [0.2, 0.25) is 0 Å². The first-order valence-corrected chi connectivity index (χ1v) is 9.84. The molecule has 0 aliphatic rings. The molecule has 3 aromatic rings. The molecule has 0 saturated heterocycles. The number of anilines is 2. The first kappa shape index (κ1) is 21.8. The summed E-state index contributed by atoms with van der Waals surface area (Å²) in [6.45, 7) is 2.78. The summed E-state index contributed by atoms with van der Waals surface area (Å²) in [4.78, 5) is 26.2. The Labute approximate surface area is 180 Å². The van der Waals surface area contributed by atoms with Crippen molar-refractivity contribution in [1.82, 2.24) is 15.1 Å². The van der Waals surface area contributed by atoms with Gasteiger partial charge in [0.25, 0.3) is 5.91 Å². The molecule has 0 spiro atoms. The molecule has 0 fully saturated rings. The molecule has 162 valence electrons. The molecule has 31 heavy (non-hydrogen) atoms. The molecule has 3 amide bonds. The van der Waals surface area contributed by atoms with E-state index in [9.17, 15) is 9.59 Å².